The van der Waals surface area contributed by atoms with Crippen LogP contribution in [-0.4, -0.2) is 32.2 Å². The summed E-state index contributed by atoms with van der Waals surface area (Å²) in [6.07, 6.45) is 1.95. The highest BCUT2D eigenvalue weighted by atomic mass is 16.5. The van der Waals surface area contributed by atoms with Crippen molar-refractivity contribution in [2.45, 2.75) is 25.2 Å². The Hall–Kier alpha value is -3.15. The van der Waals surface area contributed by atoms with Gasteiger partial charge in [0.15, 0.2) is 17.3 Å². The molecular weight excluding hydrogens is 360 g/mol. The molecule has 0 radical (unpaired) electrons. The van der Waals surface area contributed by atoms with E-state index in [4.69, 9.17) is 18.9 Å². The van der Waals surface area contributed by atoms with Gasteiger partial charge in [-0.3, -0.25) is 4.79 Å². The highest BCUT2D eigenvalue weighted by Crippen LogP contribution is 2.52. The Morgan fingerprint density at radius 2 is 1.79 bits per heavy atom. The van der Waals surface area contributed by atoms with Crippen LogP contribution in [0.3, 0.4) is 0 Å². The summed E-state index contributed by atoms with van der Waals surface area (Å²) in [6, 6.07) is 8.73. The van der Waals surface area contributed by atoms with Crippen LogP contribution in [0, 0.1) is 0 Å². The molecule has 1 aliphatic carbocycles. The molecule has 4 rings (SSSR count). The molecule has 146 valence electrons. The van der Waals surface area contributed by atoms with Gasteiger partial charge in [-0.05, 0) is 24.1 Å². The van der Waals surface area contributed by atoms with Gasteiger partial charge in [-0.1, -0.05) is 6.07 Å². The predicted molar refractivity (Wildman–Crippen MR) is 103 cm³/mol. The van der Waals surface area contributed by atoms with Gasteiger partial charge in [0.25, 0.3) is 0 Å². The molecule has 0 fully saturated rings. The monoisotopic (exact) mass is 382 g/mol. The average Bonchev–Trinajstić information content (AvgIpc) is 2.72. The first kappa shape index (κ1) is 18.2. The van der Waals surface area contributed by atoms with Gasteiger partial charge in [-0.2, -0.15) is 0 Å². The normalized spacial score (nSPS) is 18.1. The number of hydrogen-bond acceptors (Lipinski definition) is 6. The third-order valence-electron chi connectivity index (χ3n) is 5.29. The van der Waals surface area contributed by atoms with Crippen molar-refractivity contribution < 1.29 is 28.8 Å². The highest BCUT2D eigenvalue weighted by molar-refractivity contribution is 5.99. The van der Waals surface area contributed by atoms with E-state index >= 15 is 0 Å². The van der Waals surface area contributed by atoms with Crippen LogP contribution in [0.25, 0.3) is 0 Å². The number of carbonyl (C=O) groups excluding carboxylic acids is 1. The second-order valence-electron chi connectivity index (χ2n) is 6.82. The summed E-state index contributed by atoms with van der Waals surface area (Å²) in [4.78, 5) is 12.9. The number of phenolic OH excluding ortho intramolecular Hbond substituents is 1. The Kier molecular flexibility index (Phi) is 4.63. The van der Waals surface area contributed by atoms with Crippen molar-refractivity contribution in [1.82, 2.24) is 0 Å². The largest absolute Gasteiger partial charge is 0.504 e. The molecule has 28 heavy (non-hydrogen) atoms. The molecule has 1 atom stereocenters. The molecule has 2 aliphatic rings. The maximum absolute atomic E-state index is 12.9. The van der Waals surface area contributed by atoms with Crippen molar-refractivity contribution in [1.29, 1.82) is 0 Å². The van der Waals surface area contributed by atoms with Gasteiger partial charge in [0, 0.05) is 42.0 Å². The number of methoxy groups -OCH3 is 3. The lowest BCUT2D eigenvalue weighted by Crippen LogP contribution is -2.26. The number of carbonyl (C=O) groups is 1. The fourth-order valence-electron chi connectivity index (χ4n) is 3.98. The number of benzene rings is 2. The highest BCUT2D eigenvalue weighted by Gasteiger charge is 2.39. The summed E-state index contributed by atoms with van der Waals surface area (Å²) in [7, 11) is 4.66. The summed E-state index contributed by atoms with van der Waals surface area (Å²) in [5.41, 5.74) is 2.24. The van der Waals surface area contributed by atoms with E-state index in [-0.39, 0.29) is 17.5 Å². The van der Waals surface area contributed by atoms with Crippen molar-refractivity contribution in [3.63, 3.8) is 0 Å². The standard InChI is InChI=1S/C22H22O6/c1-25-13-10-18(27-3)22-19(11-13)28-16-6-4-5-15(24)21(16)20(22)12-7-8-14(23)17(9-12)26-2/h7-11,20,23H,4-6H2,1-3H3. The average molecular weight is 382 g/mol. The van der Waals surface area contributed by atoms with E-state index in [0.717, 1.165) is 17.5 Å². The topological polar surface area (TPSA) is 74.2 Å². The van der Waals surface area contributed by atoms with E-state index < -0.39 is 0 Å². The van der Waals surface area contributed by atoms with Gasteiger partial charge in [0.1, 0.15) is 23.0 Å². The number of phenols is 1. The van der Waals surface area contributed by atoms with Crippen molar-refractivity contribution in [3.8, 4) is 28.7 Å². The summed E-state index contributed by atoms with van der Waals surface area (Å²) in [5.74, 6) is 2.59. The van der Waals surface area contributed by atoms with E-state index in [9.17, 15) is 9.90 Å². The molecule has 2 aromatic rings. The minimum atomic E-state index is -0.373. The molecule has 1 heterocycles. The third-order valence-corrected chi connectivity index (χ3v) is 5.29. The van der Waals surface area contributed by atoms with Gasteiger partial charge in [-0.25, -0.2) is 0 Å². The lowest BCUT2D eigenvalue weighted by molar-refractivity contribution is -0.116. The van der Waals surface area contributed by atoms with E-state index in [1.54, 1.807) is 38.5 Å². The number of allylic oxidation sites excluding steroid dienone is 2. The van der Waals surface area contributed by atoms with Crippen LogP contribution in [0.15, 0.2) is 41.7 Å². The number of rotatable bonds is 4. The minimum absolute atomic E-state index is 0.0457. The van der Waals surface area contributed by atoms with Gasteiger partial charge in [-0.15, -0.1) is 0 Å². The lowest BCUT2D eigenvalue weighted by Gasteiger charge is -2.34. The van der Waals surface area contributed by atoms with Crippen LogP contribution in [-0.2, 0) is 4.79 Å². The van der Waals surface area contributed by atoms with Crippen molar-refractivity contribution in [2.24, 2.45) is 0 Å². The first-order valence-electron chi connectivity index (χ1n) is 9.14. The summed E-state index contributed by atoms with van der Waals surface area (Å²) >= 11 is 0. The maximum Gasteiger partial charge on any atom is 0.163 e. The Balaban J connectivity index is 1.99. The van der Waals surface area contributed by atoms with Crippen LogP contribution in [0.2, 0.25) is 0 Å². The van der Waals surface area contributed by atoms with E-state index in [1.165, 1.54) is 7.11 Å². The molecule has 0 saturated heterocycles. The molecule has 1 N–H and O–H groups in total. The molecule has 0 bridgehead atoms. The van der Waals surface area contributed by atoms with Crippen molar-refractivity contribution in [3.05, 3.63) is 52.8 Å². The number of ketones is 1. The first-order chi connectivity index (χ1) is 13.6. The molecule has 1 unspecified atom stereocenters. The Bertz CT molecular complexity index is 975. The molecule has 6 heteroatoms. The second kappa shape index (κ2) is 7.11. The smallest absolute Gasteiger partial charge is 0.163 e. The molecule has 0 amide bonds. The van der Waals surface area contributed by atoms with Gasteiger partial charge >= 0.3 is 0 Å². The first-order valence-corrected chi connectivity index (χ1v) is 9.14. The van der Waals surface area contributed by atoms with E-state index in [2.05, 4.69) is 0 Å². The van der Waals surface area contributed by atoms with E-state index in [0.29, 0.717) is 47.2 Å². The molecule has 0 spiro atoms. The minimum Gasteiger partial charge on any atom is -0.504 e. The fraction of sp³-hybridized carbons (Fsp3) is 0.318. The quantitative estimate of drug-likeness (QED) is 0.863. The molecule has 6 nitrogen and oxygen atoms in total. The Labute approximate surface area is 163 Å². The predicted octanol–water partition coefficient (Wildman–Crippen LogP) is 3.95. The van der Waals surface area contributed by atoms with Crippen LogP contribution in [0.1, 0.15) is 36.3 Å². The van der Waals surface area contributed by atoms with Crippen LogP contribution >= 0.6 is 0 Å². The second-order valence-corrected chi connectivity index (χ2v) is 6.82. The number of Topliss-reactive ketones (excluding diaryl/α,β-unsaturated/α-hetero) is 1. The molecule has 2 aromatic carbocycles. The summed E-state index contributed by atoms with van der Waals surface area (Å²) < 4.78 is 22.4. The SMILES string of the molecule is COc1cc(OC)c2c(c1)OC1=C(C(=O)CCC1)C2c1ccc(O)c(OC)c1. The maximum atomic E-state index is 12.9. The van der Waals surface area contributed by atoms with Crippen LogP contribution < -0.4 is 18.9 Å². The zero-order valence-corrected chi connectivity index (χ0v) is 16.1. The zero-order valence-electron chi connectivity index (χ0n) is 16.1. The molecular formula is C22H22O6. The lowest BCUT2D eigenvalue weighted by atomic mass is 9.76. The van der Waals surface area contributed by atoms with Crippen LogP contribution in [0.4, 0.5) is 0 Å². The number of hydrogen-bond donors (Lipinski definition) is 1. The fourth-order valence-corrected chi connectivity index (χ4v) is 3.98. The van der Waals surface area contributed by atoms with Crippen molar-refractivity contribution in [2.75, 3.05) is 21.3 Å². The van der Waals surface area contributed by atoms with Gasteiger partial charge in [0.2, 0.25) is 0 Å². The number of fused-ring (bicyclic) bond motifs is 1. The third kappa shape index (κ3) is 2.85. The Morgan fingerprint density at radius 3 is 2.50 bits per heavy atom. The van der Waals surface area contributed by atoms with Gasteiger partial charge in [0.05, 0.1) is 21.3 Å². The Morgan fingerprint density at radius 1 is 1.00 bits per heavy atom. The molecule has 1 aliphatic heterocycles. The summed E-state index contributed by atoms with van der Waals surface area (Å²) in [5, 5.41) is 10.0. The summed E-state index contributed by atoms with van der Waals surface area (Å²) in [6.45, 7) is 0. The van der Waals surface area contributed by atoms with Gasteiger partial charge < -0.3 is 24.1 Å². The van der Waals surface area contributed by atoms with E-state index in [1.807, 2.05) is 6.07 Å². The molecule has 0 saturated carbocycles. The van der Waals surface area contributed by atoms with Crippen molar-refractivity contribution >= 4 is 5.78 Å². The number of ether oxygens (including phenoxy) is 4. The molecule has 0 aromatic heterocycles. The van der Waals surface area contributed by atoms with Crippen LogP contribution in [0.5, 0.6) is 28.7 Å². The number of aromatic hydroxyl groups is 1. The zero-order chi connectivity index (χ0) is 19.8.